The molecule has 1 aliphatic rings. The van der Waals surface area contributed by atoms with Crippen LogP contribution in [0, 0.1) is 0 Å². The smallest absolute Gasteiger partial charge is 0.122 e. The normalized spacial score (nSPS) is 14.5. The van der Waals surface area contributed by atoms with E-state index in [4.69, 9.17) is 16.3 Å². The molecule has 1 N–H and O–H groups in total. The number of ether oxygens (including phenoxy) is 1. The van der Waals surface area contributed by atoms with E-state index in [1.807, 2.05) is 0 Å². The van der Waals surface area contributed by atoms with E-state index < -0.39 is 0 Å². The number of hydrogen-bond acceptors (Lipinski definition) is 2. The van der Waals surface area contributed by atoms with Gasteiger partial charge in [-0.2, -0.15) is 0 Å². The summed E-state index contributed by atoms with van der Waals surface area (Å²) in [6.45, 7) is 6.03. The second-order valence-electron chi connectivity index (χ2n) is 5.23. The topological polar surface area (TPSA) is 21.3 Å². The highest BCUT2D eigenvalue weighted by Gasteiger charge is 2.15. The molecule has 1 aromatic carbocycles. The van der Waals surface area contributed by atoms with Gasteiger partial charge in [-0.05, 0) is 44.0 Å². The summed E-state index contributed by atoms with van der Waals surface area (Å²) in [6.07, 6.45) is 2.08. The molecule has 0 fully saturated rings. The maximum absolute atomic E-state index is 5.87. The minimum atomic E-state index is 0.0153. The van der Waals surface area contributed by atoms with Gasteiger partial charge in [0, 0.05) is 17.8 Å². The van der Waals surface area contributed by atoms with Crippen LogP contribution in [0.15, 0.2) is 18.2 Å². The average Bonchev–Trinajstić information content (AvgIpc) is 2.76. The molecule has 0 saturated heterocycles. The summed E-state index contributed by atoms with van der Waals surface area (Å²) in [5.74, 6) is 1.69. The molecule has 17 heavy (non-hydrogen) atoms. The zero-order valence-electron chi connectivity index (χ0n) is 10.6. The molecule has 0 aromatic heterocycles. The lowest BCUT2D eigenvalue weighted by molar-refractivity contribution is 0.357. The first-order chi connectivity index (χ1) is 8.11. The lowest BCUT2D eigenvalue weighted by Gasteiger charge is -2.23. The Morgan fingerprint density at radius 3 is 3.00 bits per heavy atom. The SMILES string of the molecule is CC(C)(CCl)NCCc1ccc2c(c1)CCO2. The first-order valence-electron chi connectivity index (χ1n) is 6.16. The molecule has 1 aliphatic heterocycles. The number of alkyl halides is 1. The maximum Gasteiger partial charge on any atom is 0.122 e. The van der Waals surface area contributed by atoms with Crippen LogP contribution in [0.2, 0.25) is 0 Å². The summed E-state index contributed by atoms with van der Waals surface area (Å²) in [6, 6.07) is 6.50. The second kappa shape index (κ2) is 5.28. The van der Waals surface area contributed by atoms with Crippen LogP contribution in [0.5, 0.6) is 5.75 Å². The van der Waals surface area contributed by atoms with Gasteiger partial charge in [0.1, 0.15) is 5.75 Å². The van der Waals surface area contributed by atoms with Crippen LogP contribution in [0.3, 0.4) is 0 Å². The van der Waals surface area contributed by atoms with Gasteiger partial charge in [0.25, 0.3) is 0 Å². The fourth-order valence-electron chi connectivity index (χ4n) is 1.99. The Morgan fingerprint density at radius 2 is 2.24 bits per heavy atom. The molecule has 0 saturated carbocycles. The Labute approximate surface area is 108 Å². The fraction of sp³-hybridized carbons (Fsp3) is 0.571. The van der Waals surface area contributed by atoms with Crippen molar-refractivity contribution < 1.29 is 4.74 Å². The highest BCUT2D eigenvalue weighted by molar-refractivity contribution is 6.18. The largest absolute Gasteiger partial charge is 0.493 e. The maximum atomic E-state index is 5.87. The zero-order chi connectivity index (χ0) is 12.3. The number of benzene rings is 1. The molecule has 0 amide bonds. The third-order valence-corrected chi connectivity index (χ3v) is 3.77. The van der Waals surface area contributed by atoms with Crippen molar-refractivity contribution in [3.8, 4) is 5.75 Å². The van der Waals surface area contributed by atoms with Gasteiger partial charge in [-0.15, -0.1) is 11.6 Å². The van der Waals surface area contributed by atoms with E-state index in [0.29, 0.717) is 5.88 Å². The van der Waals surface area contributed by atoms with Crippen molar-refractivity contribution in [3.05, 3.63) is 29.3 Å². The fourth-order valence-corrected chi connectivity index (χ4v) is 2.08. The van der Waals surface area contributed by atoms with E-state index in [-0.39, 0.29) is 5.54 Å². The zero-order valence-corrected chi connectivity index (χ0v) is 11.3. The highest BCUT2D eigenvalue weighted by Crippen LogP contribution is 2.25. The van der Waals surface area contributed by atoms with Crippen LogP contribution in [-0.2, 0) is 12.8 Å². The molecular formula is C14H20ClNO. The standard InChI is InChI=1S/C14H20ClNO/c1-14(2,10-15)16-7-5-11-3-4-13-12(9-11)6-8-17-13/h3-4,9,16H,5-8,10H2,1-2H3. The van der Waals surface area contributed by atoms with E-state index in [2.05, 4.69) is 37.4 Å². The Bertz CT molecular complexity index is 390. The van der Waals surface area contributed by atoms with Crippen LogP contribution in [0.25, 0.3) is 0 Å². The van der Waals surface area contributed by atoms with Gasteiger partial charge in [-0.25, -0.2) is 0 Å². The van der Waals surface area contributed by atoms with E-state index in [1.54, 1.807) is 0 Å². The van der Waals surface area contributed by atoms with Gasteiger partial charge in [0.15, 0.2) is 0 Å². The minimum Gasteiger partial charge on any atom is -0.493 e. The van der Waals surface area contributed by atoms with E-state index in [9.17, 15) is 0 Å². The molecule has 1 heterocycles. The van der Waals surface area contributed by atoms with E-state index >= 15 is 0 Å². The van der Waals surface area contributed by atoms with E-state index in [0.717, 1.165) is 31.7 Å². The monoisotopic (exact) mass is 253 g/mol. The Kier molecular flexibility index (Phi) is 3.95. The third-order valence-electron chi connectivity index (χ3n) is 3.11. The predicted octanol–water partition coefficient (Wildman–Crippen LogP) is 2.77. The number of hydrogen-bond donors (Lipinski definition) is 1. The van der Waals surface area contributed by atoms with Gasteiger partial charge < -0.3 is 10.1 Å². The average molecular weight is 254 g/mol. The first-order valence-corrected chi connectivity index (χ1v) is 6.70. The molecule has 2 nitrogen and oxygen atoms in total. The summed E-state index contributed by atoms with van der Waals surface area (Å²) >= 11 is 5.87. The second-order valence-corrected chi connectivity index (χ2v) is 5.50. The summed E-state index contributed by atoms with van der Waals surface area (Å²) in [5, 5.41) is 3.46. The summed E-state index contributed by atoms with van der Waals surface area (Å²) < 4.78 is 5.50. The Morgan fingerprint density at radius 1 is 1.41 bits per heavy atom. The van der Waals surface area contributed by atoms with Crippen molar-refractivity contribution in [2.75, 3.05) is 19.0 Å². The van der Waals surface area contributed by atoms with Crippen molar-refractivity contribution in [3.63, 3.8) is 0 Å². The molecule has 0 unspecified atom stereocenters. The third kappa shape index (κ3) is 3.36. The minimum absolute atomic E-state index is 0.0153. The van der Waals surface area contributed by atoms with Crippen molar-refractivity contribution >= 4 is 11.6 Å². The summed E-state index contributed by atoms with van der Waals surface area (Å²) in [5.41, 5.74) is 2.73. The van der Waals surface area contributed by atoms with Crippen LogP contribution in [0.4, 0.5) is 0 Å². The summed E-state index contributed by atoms with van der Waals surface area (Å²) in [7, 11) is 0. The van der Waals surface area contributed by atoms with Crippen LogP contribution >= 0.6 is 11.6 Å². The van der Waals surface area contributed by atoms with Gasteiger partial charge in [0.2, 0.25) is 0 Å². The van der Waals surface area contributed by atoms with Crippen LogP contribution in [0.1, 0.15) is 25.0 Å². The van der Waals surface area contributed by atoms with E-state index in [1.165, 1.54) is 11.1 Å². The van der Waals surface area contributed by atoms with Crippen molar-refractivity contribution in [1.82, 2.24) is 5.32 Å². The van der Waals surface area contributed by atoms with Crippen LogP contribution in [-0.4, -0.2) is 24.6 Å². The number of fused-ring (bicyclic) bond motifs is 1. The predicted molar refractivity (Wildman–Crippen MR) is 72.1 cm³/mol. The molecule has 0 aliphatic carbocycles. The molecular weight excluding hydrogens is 234 g/mol. The van der Waals surface area contributed by atoms with Crippen molar-refractivity contribution in [2.24, 2.45) is 0 Å². The van der Waals surface area contributed by atoms with Gasteiger partial charge >= 0.3 is 0 Å². The lowest BCUT2D eigenvalue weighted by atomic mass is 10.0. The van der Waals surface area contributed by atoms with Gasteiger partial charge in [-0.3, -0.25) is 0 Å². The van der Waals surface area contributed by atoms with Crippen molar-refractivity contribution in [2.45, 2.75) is 32.2 Å². The van der Waals surface area contributed by atoms with Gasteiger partial charge in [0.05, 0.1) is 6.61 Å². The molecule has 0 radical (unpaired) electrons. The number of rotatable bonds is 5. The molecule has 0 bridgehead atoms. The lowest BCUT2D eigenvalue weighted by Crippen LogP contribution is -2.42. The number of halogens is 1. The Hall–Kier alpha value is -0.730. The molecule has 94 valence electrons. The van der Waals surface area contributed by atoms with Crippen molar-refractivity contribution in [1.29, 1.82) is 0 Å². The number of nitrogens with one attached hydrogen (secondary N) is 1. The van der Waals surface area contributed by atoms with Crippen LogP contribution < -0.4 is 10.1 Å². The molecule has 2 rings (SSSR count). The molecule has 0 atom stereocenters. The molecule has 3 heteroatoms. The Balaban J connectivity index is 1.88. The van der Waals surface area contributed by atoms with Gasteiger partial charge in [-0.1, -0.05) is 12.1 Å². The first kappa shape index (κ1) is 12.7. The molecule has 0 spiro atoms. The quantitative estimate of drug-likeness (QED) is 0.815. The molecule has 1 aromatic rings. The highest BCUT2D eigenvalue weighted by atomic mass is 35.5. The summed E-state index contributed by atoms with van der Waals surface area (Å²) in [4.78, 5) is 0.